The summed E-state index contributed by atoms with van der Waals surface area (Å²) in [5, 5.41) is 4.02. The summed E-state index contributed by atoms with van der Waals surface area (Å²) in [6.45, 7) is 1.89. The smallest absolute Gasteiger partial charge is 0.267 e. The van der Waals surface area contributed by atoms with E-state index in [2.05, 4.69) is 22.4 Å². The highest BCUT2D eigenvalue weighted by Crippen LogP contribution is 2.29. The molecule has 3 aromatic carbocycles. The summed E-state index contributed by atoms with van der Waals surface area (Å²) < 4.78 is 0. The maximum absolute atomic E-state index is 12.9. The van der Waals surface area contributed by atoms with Gasteiger partial charge < -0.3 is 5.32 Å². The number of nitrogens with one attached hydrogen (secondary N) is 1. The maximum atomic E-state index is 12.9. The second-order valence-corrected chi connectivity index (χ2v) is 7.63. The van der Waals surface area contributed by atoms with Gasteiger partial charge in [0, 0.05) is 17.7 Å². The number of carbonyl (C=O) groups excluding carboxylic acids is 1. The monoisotopic (exact) mass is 384 g/mol. The zero-order valence-electron chi connectivity index (χ0n) is 15.6. The molecule has 1 heterocycles. The first-order valence-electron chi connectivity index (χ1n) is 9.17. The third-order valence-electron chi connectivity index (χ3n) is 4.51. The Hall–Kier alpha value is -3.24. The molecule has 0 aliphatic carbocycles. The topological polar surface area (TPSA) is 42.0 Å². The molecule has 28 heavy (non-hydrogen) atoms. The number of rotatable bonds is 5. The molecule has 0 saturated carbocycles. The van der Waals surface area contributed by atoms with E-state index in [4.69, 9.17) is 0 Å². The second-order valence-electron chi connectivity index (χ2n) is 6.55. The van der Waals surface area contributed by atoms with Crippen LogP contribution in [-0.4, -0.2) is 10.9 Å². The van der Waals surface area contributed by atoms with Crippen molar-refractivity contribution in [2.75, 3.05) is 5.32 Å². The lowest BCUT2D eigenvalue weighted by Crippen LogP contribution is -2.12. The van der Waals surface area contributed by atoms with Gasteiger partial charge in [0.05, 0.1) is 10.7 Å². The number of benzene rings is 3. The lowest BCUT2D eigenvalue weighted by Gasteiger charge is -2.10. The van der Waals surface area contributed by atoms with Crippen LogP contribution >= 0.6 is 11.3 Å². The first-order chi connectivity index (χ1) is 13.7. The molecule has 1 aromatic heterocycles. The van der Waals surface area contributed by atoms with E-state index < -0.39 is 0 Å². The van der Waals surface area contributed by atoms with E-state index in [0.29, 0.717) is 4.88 Å². The molecule has 0 fully saturated rings. The minimum absolute atomic E-state index is 0.113. The number of aromatic nitrogens is 1. The van der Waals surface area contributed by atoms with Crippen molar-refractivity contribution in [3.63, 3.8) is 0 Å². The van der Waals surface area contributed by atoms with Crippen LogP contribution in [0.5, 0.6) is 0 Å². The summed E-state index contributed by atoms with van der Waals surface area (Å²) in [7, 11) is 0. The first-order valence-corrected chi connectivity index (χ1v) is 9.98. The average Bonchev–Trinajstić information content (AvgIpc) is 3.10. The molecule has 0 aliphatic heterocycles. The lowest BCUT2D eigenvalue weighted by atomic mass is 10.0. The van der Waals surface area contributed by atoms with Crippen LogP contribution in [0, 0.1) is 6.92 Å². The summed E-state index contributed by atoms with van der Waals surface area (Å²) in [6.07, 6.45) is 0.736. The van der Waals surface area contributed by atoms with Crippen molar-refractivity contribution in [3.05, 3.63) is 106 Å². The standard InChI is InChI=1S/C24H20N2OS/c1-17-23(28-22(25-17)16-18-10-4-2-5-11-18)24(27)26-21-15-9-8-14-20(21)19-12-6-3-7-13-19/h2-15H,16H2,1H3,(H,26,27). The Morgan fingerprint density at radius 1 is 0.893 bits per heavy atom. The predicted molar refractivity (Wildman–Crippen MR) is 116 cm³/mol. The summed E-state index contributed by atoms with van der Waals surface area (Å²) in [5.74, 6) is -0.113. The molecule has 0 aliphatic rings. The van der Waals surface area contributed by atoms with Crippen molar-refractivity contribution in [2.24, 2.45) is 0 Å². The van der Waals surface area contributed by atoms with Crippen molar-refractivity contribution in [1.82, 2.24) is 4.98 Å². The molecule has 0 bridgehead atoms. The summed E-state index contributed by atoms with van der Waals surface area (Å²) in [5.41, 5.74) is 4.84. The van der Waals surface area contributed by atoms with Crippen LogP contribution in [0.15, 0.2) is 84.9 Å². The van der Waals surface area contributed by atoms with Crippen molar-refractivity contribution in [1.29, 1.82) is 0 Å². The van der Waals surface area contributed by atoms with Gasteiger partial charge in [0.1, 0.15) is 4.88 Å². The Morgan fingerprint density at radius 2 is 1.54 bits per heavy atom. The van der Waals surface area contributed by atoms with Gasteiger partial charge in [-0.3, -0.25) is 4.79 Å². The lowest BCUT2D eigenvalue weighted by molar-refractivity contribution is 0.103. The fraction of sp³-hybridized carbons (Fsp3) is 0.0833. The van der Waals surface area contributed by atoms with E-state index in [9.17, 15) is 4.79 Å². The third-order valence-corrected chi connectivity index (χ3v) is 5.66. The Kier molecular flexibility index (Phi) is 5.31. The minimum atomic E-state index is -0.113. The molecule has 138 valence electrons. The molecule has 3 nitrogen and oxygen atoms in total. The van der Waals surface area contributed by atoms with Crippen molar-refractivity contribution in [3.8, 4) is 11.1 Å². The van der Waals surface area contributed by atoms with Gasteiger partial charge >= 0.3 is 0 Å². The largest absolute Gasteiger partial charge is 0.321 e. The first kappa shape index (κ1) is 18.1. The molecule has 0 saturated heterocycles. The number of thiazole rings is 1. The second kappa shape index (κ2) is 8.19. The van der Waals surface area contributed by atoms with Gasteiger partial charge in [0.15, 0.2) is 0 Å². The number of hydrogen-bond acceptors (Lipinski definition) is 3. The molecular weight excluding hydrogens is 364 g/mol. The SMILES string of the molecule is Cc1nc(Cc2ccccc2)sc1C(=O)Nc1ccccc1-c1ccccc1. The zero-order chi connectivity index (χ0) is 19.3. The van der Waals surface area contributed by atoms with E-state index in [0.717, 1.165) is 33.9 Å². The van der Waals surface area contributed by atoms with Crippen molar-refractivity contribution >= 4 is 22.9 Å². The van der Waals surface area contributed by atoms with E-state index in [1.54, 1.807) is 0 Å². The summed E-state index contributed by atoms with van der Waals surface area (Å²) in [4.78, 5) is 18.2. The number of anilines is 1. The highest BCUT2D eigenvalue weighted by Gasteiger charge is 2.17. The molecular formula is C24H20N2OS. The molecule has 0 unspecified atom stereocenters. The Bertz CT molecular complexity index is 1090. The van der Waals surface area contributed by atoms with Gasteiger partial charge in [-0.2, -0.15) is 0 Å². The van der Waals surface area contributed by atoms with Crippen LogP contribution in [0.3, 0.4) is 0 Å². The molecule has 1 amide bonds. The average molecular weight is 385 g/mol. The Balaban J connectivity index is 1.57. The van der Waals surface area contributed by atoms with Crippen LogP contribution in [-0.2, 0) is 6.42 Å². The zero-order valence-corrected chi connectivity index (χ0v) is 16.4. The number of aryl methyl sites for hydroxylation is 1. The van der Waals surface area contributed by atoms with Gasteiger partial charge in [-0.15, -0.1) is 11.3 Å². The van der Waals surface area contributed by atoms with Gasteiger partial charge in [-0.05, 0) is 24.1 Å². The van der Waals surface area contributed by atoms with E-state index in [1.165, 1.54) is 16.9 Å². The maximum Gasteiger partial charge on any atom is 0.267 e. The number of hydrogen-bond donors (Lipinski definition) is 1. The molecule has 4 heteroatoms. The number of amides is 1. The van der Waals surface area contributed by atoms with Gasteiger partial charge in [0.25, 0.3) is 5.91 Å². The minimum Gasteiger partial charge on any atom is -0.321 e. The van der Waals surface area contributed by atoms with Crippen LogP contribution in [0.1, 0.15) is 25.9 Å². The van der Waals surface area contributed by atoms with Crippen molar-refractivity contribution < 1.29 is 4.79 Å². The van der Waals surface area contributed by atoms with Crippen LogP contribution in [0.2, 0.25) is 0 Å². The fourth-order valence-electron chi connectivity index (χ4n) is 3.15. The molecule has 0 spiro atoms. The van der Waals surface area contributed by atoms with E-state index in [-0.39, 0.29) is 5.91 Å². The Morgan fingerprint density at radius 3 is 2.29 bits per heavy atom. The fourth-order valence-corrected chi connectivity index (χ4v) is 4.14. The predicted octanol–water partition coefficient (Wildman–Crippen LogP) is 5.96. The Labute approximate surface area is 168 Å². The van der Waals surface area contributed by atoms with Gasteiger partial charge in [0.2, 0.25) is 0 Å². The number of para-hydroxylation sites is 1. The van der Waals surface area contributed by atoms with Crippen molar-refractivity contribution in [2.45, 2.75) is 13.3 Å². The van der Waals surface area contributed by atoms with E-state index in [1.807, 2.05) is 79.7 Å². The van der Waals surface area contributed by atoms with Gasteiger partial charge in [-0.25, -0.2) is 4.98 Å². The third kappa shape index (κ3) is 4.02. The molecule has 0 atom stereocenters. The molecule has 0 radical (unpaired) electrons. The van der Waals surface area contributed by atoms with E-state index >= 15 is 0 Å². The highest BCUT2D eigenvalue weighted by atomic mass is 32.1. The highest BCUT2D eigenvalue weighted by molar-refractivity contribution is 7.14. The quantitative estimate of drug-likeness (QED) is 0.461. The van der Waals surface area contributed by atoms with Gasteiger partial charge in [-0.1, -0.05) is 78.9 Å². The number of carbonyl (C=O) groups is 1. The molecule has 4 rings (SSSR count). The summed E-state index contributed by atoms with van der Waals surface area (Å²) in [6, 6.07) is 28.1. The van der Waals surface area contributed by atoms with Crippen LogP contribution in [0.25, 0.3) is 11.1 Å². The normalized spacial score (nSPS) is 10.6. The molecule has 4 aromatic rings. The number of nitrogens with zero attached hydrogens (tertiary/aromatic N) is 1. The van der Waals surface area contributed by atoms with Crippen LogP contribution in [0.4, 0.5) is 5.69 Å². The van der Waals surface area contributed by atoms with Crippen LogP contribution < -0.4 is 5.32 Å². The molecule has 1 N–H and O–H groups in total. The summed E-state index contributed by atoms with van der Waals surface area (Å²) >= 11 is 1.46.